The highest BCUT2D eigenvalue weighted by Gasteiger charge is 2.15. The molecule has 1 heterocycles. The van der Waals surface area contributed by atoms with Gasteiger partial charge in [0.2, 0.25) is 0 Å². The summed E-state index contributed by atoms with van der Waals surface area (Å²) < 4.78 is 0. The monoisotopic (exact) mass is 322 g/mol. The zero-order valence-electron chi connectivity index (χ0n) is 14.1. The van der Waals surface area contributed by atoms with Crippen LogP contribution in [0.4, 0.5) is 0 Å². The maximum absolute atomic E-state index is 4.94. The highest BCUT2D eigenvalue weighted by Crippen LogP contribution is 2.34. The van der Waals surface area contributed by atoms with E-state index in [1.807, 2.05) is 54.6 Å². The van der Waals surface area contributed by atoms with Crippen LogP contribution in [0.5, 0.6) is 0 Å². The van der Waals surface area contributed by atoms with Gasteiger partial charge in [0.1, 0.15) is 0 Å². The van der Waals surface area contributed by atoms with Crippen molar-refractivity contribution >= 4 is 0 Å². The van der Waals surface area contributed by atoms with E-state index in [1.54, 1.807) is 0 Å². The Morgan fingerprint density at radius 1 is 0.520 bits per heavy atom. The van der Waals surface area contributed by atoms with Crippen molar-refractivity contribution in [3.05, 3.63) is 96.7 Å². The van der Waals surface area contributed by atoms with Crippen molar-refractivity contribution in [3.8, 4) is 33.8 Å². The first kappa shape index (κ1) is 15.3. The van der Waals surface area contributed by atoms with Gasteiger partial charge in [0.15, 0.2) is 5.82 Å². The lowest BCUT2D eigenvalue weighted by molar-refractivity contribution is 1.12. The van der Waals surface area contributed by atoms with E-state index in [9.17, 15) is 0 Å². The van der Waals surface area contributed by atoms with E-state index in [0.717, 1.165) is 39.5 Å². The number of nitrogens with zero attached hydrogens (tertiary/aromatic N) is 2. The van der Waals surface area contributed by atoms with E-state index >= 15 is 0 Å². The Morgan fingerprint density at radius 3 is 1.56 bits per heavy atom. The molecule has 2 heteroatoms. The molecule has 120 valence electrons. The molecule has 0 atom stereocenters. The second kappa shape index (κ2) is 6.70. The normalized spacial score (nSPS) is 10.6. The second-order valence-corrected chi connectivity index (χ2v) is 5.95. The molecule has 0 fully saturated rings. The SMILES string of the molecule is Cc1nc(-c2ccccc2)nc(-c2ccccc2)c1-c1ccccc1. The molecule has 0 amide bonds. The minimum atomic E-state index is 0.761. The van der Waals surface area contributed by atoms with Crippen molar-refractivity contribution in [2.24, 2.45) is 0 Å². The molecule has 0 saturated heterocycles. The van der Waals surface area contributed by atoms with E-state index in [4.69, 9.17) is 9.97 Å². The summed E-state index contributed by atoms with van der Waals surface area (Å²) in [5.74, 6) is 0.761. The zero-order valence-corrected chi connectivity index (χ0v) is 14.1. The van der Waals surface area contributed by atoms with Gasteiger partial charge in [-0.2, -0.15) is 0 Å². The zero-order chi connectivity index (χ0) is 17.1. The van der Waals surface area contributed by atoms with Crippen LogP contribution in [0.1, 0.15) is 5.69 Å². The van der Waals surface area contributed by atoms with Gasteiger partial charge in [0.05, 0.1) is 5.69 Å². The Kier molecular flexibility index (Phi) is 4.09. The van der Waals surface area contributed by atoms with E-state index in [0.29, 0.717) is 0 Å². The van der Waals surface area contributed by atoms with Gasteiger partial charge in [-0.1, -0.05) is 91.0 Å². The van der Waals surface area contributed by atoms with Crippen molar-refractivity contribution in [2.45, 2.75) is 6.92 Å². The minimum Gasteiger partial charge on any atom is -0.233 e. The number of hydrogen-bond donors (Lipinski definition) is 0. The molecule has 0 saturated carbocycles. The minimum absolute atomic E-state index is 0.761. The standard InChI is InChI=1S/C23H18N2/c1-17-21(18-11-5-2-6-12-18)22(19-13-7-3-8-14-19)25-23(24-17)20-15-9-4-10-16-20/h2-16H,1H3. The summed E-state index contributed by atoms with van der Waals surface area (Å²) >= 11 is 0. The smallest absolute Gasteiger partial charge is 0.160 e. The van der Waals surface area contributed by atoms with Crippen LogP contribution in [0.3, 0.4) is 0 Å². The summed E-state index contributed by atoms with van der Waals surface area (Å²) in [6.45, 7) is 2.06. The van der Waals surface area contributed by atoms with Gasteiger partial charge < -0.3 is 0 Å². The fourth-order valence-corrected chi connectivity index (χ4v) is 3.04. The Bertz CT molecular complexity index is 978. The lowest BCUT2D eigenvalue weighted by atomic mass is 9.97. The van der Waals surface area contributed by atoms with E-state index in [-0.39, 0.29) is 0 Å². The van der Waals surface area contributed by atoms with E-state index < -0.39 is 0 Å². The van der Waals surface area contributed by atoms with Crippen LogP contribution in [0.25, 0.3) is 33.8 Å². The van der Waals surface area contributed by atoms with Gasteiger partial charge in [-0.05, 0) is 12.5 Å². The summed E-state index contributed by atoms with van der Waals surface area (Å²) in [6, 6.07) is 30.8. The van der Waals surface area contributed by atoms with Gasteiger partial charge in [-0.25, -0.2) is 9.97 Å². The molecule has 0 aliphatic rings. The Labute approximate surface area is 147 Å². The van der Waals surface area contributed by atoms with Crippen molar-refractivity contribution in [1.29, 1.82) is 0 Å². The van der Waals surface area contributed by atoms with E-state index in [1.165, 1.54) is 0 Å². The van der Waals surface area contributed by atoms with Crippen LogP contribution >= 0.6 is 0 Å². The first-order chi connectivity index (χ1) is 12.3. The van der Waals surface area contributed by atoms with Gasteiger partial charge in [-0.3, -0.25) is 0 Å². The largest absolute Gasteiger partial charge is 0.233 e. The highest BCUT2D eigenvalue weighted by molar-refractivity contribution is 5.83. The molecule has 3 aromatic carbocycles. The fourth-order valence-electron chi connectivity index (χ4n) is 3.04. The van der Waals surface area contributed by atoms with Crippen molar-refractivity contribution < 1.29 is 0 Å². The first-order valence-corrected chi connectivity index (χ1v) is 8.38. The lowest BCUT2D eigenvalue weighted by Gasteiger charge is -2.14. The summed E-state index contributed by atoms with van der Waals surface area (Å²) in [5, 5.41) is 0. The second-order valence-electron chi connectivity index (χ2n) is 5.95. The van der Waals surface area contributed by atoms with Crippen LogP contribution in [-0.2, 0) is 0 Å². The molecule has 0 aliphatic carbocycles. The van der Waals surface area contributed by atoms with Gasteiger partial charge in [-0.15, -0.1) is 0 Å². The molecular formula is C23H18N2. The fraction of sp³-hybridized carbons (Fsp3) is 0.0435. The van der Waals surface area contributed by atoms with E-state index in [2.05, 4.69) is 43.3 Å². The quantitative estimate of drug-likeness (QED) is 0.477. The van der Waals surface area contributed by atoms with Crippen LogP contribution in [-0.4, -0.2) is 9.97 Å². The summed E-state index contributed by atoms with van der Waals surface area (Å²) in [5.41, 5.74) is 6.31. The molecule has 0 unspecified atom stereocenters. The molecular weight excluding hydrogens is 304 g/mol. The Balaban J connectivity index is 1.99. The topological polar surface area (TPSA) is 25.8 Å². The molecule has 0 radical (unpaired) electrons. The van der Waals surface area contributed by atoms with Crippen LogP contribution < -0.4 is 0 Å². The molecule has 2 nitrogen and oxygen atoms in total. The number of rotatable bonds is 3. The molecule has 0 spiro atoms. The van der Waals surface area contributed by atoms with Crippen LogP contribution in [0.2, 0.25) is 0 Å². The molecule has 25 heavy (non-hydrogen) atoms. The first-order valence-electron chi connectivity index (χ1n) is 8.38. The summed E-state index contributed by atoms with van der Waals surface area (Å²) in [4.78, 5) is 9.73. The van der Waals surface area contributed by atoms with Crippen LogP contribution in [0.15, 0.2) is 91.0 Å². The molecule has 1 aromatic heterocycles. The summed E-state index contributed by atoms with van der Waals surface area (Å²) in [6.07, 6.45) is 0. The number of hydrogen-bond acceptors (Lipinski definition) is 2. The molecule has 0 aliphatic heterocycles. The summed E-state index contributed by atoms with van der Waals surface area (Å²) in [7, 11) is 0. The number of aromatic nitrogens is 2. The van der Waals surface area contributed by atoms with Crippen molar-refractivity contribution in [2.75, 3.05) is 0 Å². The average molecular weight is 322 g/mol. The molecule has 4 rings (SSSR count). The predicted molar refractivity (Wildman–Crippen MR) is 103 cm³/mol. The van der Waals surface area contributed by atoms with Gasteiger partial charge >= 0.3 is 0 Å². The molecule has 0 bridgehead atoms. The van der Waals surface area contributed by atoms with Gasteiger partial charge in [0.25, 0.3) is 0 Å². The maximum Gasteiger partial charge on any atom is 0.160 e. The van der Waals surface area contributed by atoms with Gasteiger partial charge in [0, 0.05) is 22.4 Å². The number of aryl methyl sites for hydroxylation is 1. The number of benzene rings is 3. The predicted octanol–water partition coefficient (Wildman–Crippen LogP) is 5.79. The Morgan fingerprint density at radius 2 is 1.00 bits per heavy atom. The van der Waals surface area contributed by atoms with Crippen molar-refractivity contribution in [1.82, 2.24) is 9.97 Å². The third kappa shape index (κ3) is 3.07. The molecule has 0 N–H and O–H groups in total. The molecule has 4 aromatic rings. The lowest BCUT2D eigenvalue weighted by Crippen LogP contribution is -2.00. The third-order valence-corrected chi connectivity index (χ3v) is 4.23. The third-order valence-electron chi connectivity index (χ3n) is 4.23. The average Bonchev–Trinajstić information content (AvgIpc) is 2.69. The maximum atomic E-state index is 4.94. The Hall–Kier alpha value is -3.26. The van der Waals surface area contributed by atoms with Crippen LogP contribution in [0, 0.1) is 6.92 Å². The highest BCUT2D eigenvalue weighted by atomic mass is 14.9. The van der Waals surface area contributed by atoms with Crippen molar-refractivity contribution in [3.63, 3.8) is 0 Å².